The molecule has 0 radical (unpaired) electrons. The number of unbranched alkanes of at least 4 members (excludes halogenated alkanes) is 5. The molecule has 1 aromatic heterocycles. The summed E-state index contributed by atoms with van der Waals surface area (Å²) >= 11 is 0. The number of aromatic nitrogens is 3. The maximum atomic E-state index is 10.3. The summed E-state index contributed by atoms with van der Waals surface area (Å²) in [4.78, 5) is 10.3. The second-order valence-corrected chi connectivity index (χ2v) is 4.31. The molecule has 0 aliphatic rings. The lowest BCUT2D eigenvalue weighted by Crippen LogP contribution is -2.29. The van der Waals surface area contributed by atoms with Crippen molar-refractivity contribution < 1.29 is 9.90 Å². The van der Waals surface area contributed by atoms with E-state index in [9.17, 15) is 4.79 Å². The van der Waals surface area contributed by atoms with Crippen molar-refractivity contribution in [1.29, 1.82) is 0 Å². The van der Waals surface area contributed by atoms with E-state index < -0.39 is 12.0 Å². The Labute approximate surface area is 114 Å². The monoisotopic (exact) mass is 268 g/mol. The normalized spacial score (nSPS) is 11.3. The van der Waals surface area contributed by atoms with Crippen LogP contribution in [0.2, 0.25) is 0 Å². The summed E-state index contributed by atoms with van der Waals surface area (Å²) in [5, 5.41) is 18.6. The molecule has 1 atom stereocenters. The molecule has 6 heteroatoms. The molecule has 1 rings (SSSR count). The molecule has 1 heterocycles. The number of carbonyl (C=O) groups is 1. The first-order valence-corrected chi connectivity index (χ1v) is 6.75. The average molecular weight is 268 g/mol. The summed E-state index contributed by atoms with van der Waals surface area (Å²) in [6.45, 7) is 2.18. The third-order valence-electron chi connectivity index (χ3n) is 2.59. The van der Waals surface area contributed by atoms with Crippen molar-refractivity contribution in [3.8, 4) is 0 Å². The number of carboxylic acid groups (broad SMARTS) is 1. The first-order chi connectivity index (χ1) is 9.18. The molecule has 0 saturated heterocycles. The fourth-order valence-corrected chi connectivity index (χ4v) is 1.47. The fourth-order valence-electron chi connectivity index (χ4n) is 1.47. The van der Waals surface area contributed by atoms with Crippen LogP contribution in [0.5, 0.6) is 0 Å². The van der Waals surface area contributed by atoms with E-state index in [1.165, 1.54) is 25.7 Å². The number of nitrogens with two attached hydrogens (primary N) is 1. The predicted octanol–water partition coefficient (Wildman–Crippen LogP) is 2.02. The number of hydrogen-bond donors (Lipinski definition) is 2. The van der Waals surface area contributed by atoms with Crippen molar-refractivity contribution >= 4 is 5.97 Å². The Balaban J connectivity index is 0.000000443. The van der Waals surface area contributed by atoms with Gasteiger partial charge in [0.05, 0.1) is 12.4 Å². The van der Waals surface area contributed by atoms with Gasteiger partial charge in [-0.15, -0.1) is 10.2 Å². The van der Waals surface area contributed by atoms with E-state index in [4.69, 9.17) is 10.8 Å². The van der Waals surface area contributed by atoms with Crippen molar-refractivity contribution in [3.63, 3.8) is 0 Å². The second kappa shape index (κ2) is 12.9. The lowest BCUT2D eigenvalue weighted by atomic mass is 10.1. The molecule has 19 heavy (non-hydrogen) atoms. The SMILES string of the molecule is CCCCCCCCC(N)C(=O)O.c1cnnnc1. The first kappa shape index (κ1) is 17.4. The molecule has 0 spiro atoms. The summed E-state index contributed by atoms with van der Waals surface area (Å²) in [5.41, 5.74) is 5.36. The summed E-state index contributed by atoms with van der Waals surface area (Å²) in [6.07, 6.45) is 10.8. The topological polar surface area (TPSA) is 102 Å². The van der Waals surface area contributed by atoms with Gasteiger partial charge >= 0.3 is 5.97 Å². The number of rotatable bonds is 8. The van der Waals surface area contributed by atoms with Gasteiger partial charge in [0.25, 0.3) is 0 Å². The second-order valence-electron chi connectivity index (χ2n) is 4.31. The van der Waals surface area contributed by atoms with Crippen LogP contribution in [0.4, 0.5) is 0 Å². The lowest BCUT2D eigenvalue weighted by molar-refractivity contribution is -0.138. The quantitative estimate of drug-likeness (QED) is 0.699. The Morgan fingerprint density at radius 3 is 2.16 bits per heavy atom. The summed E-state index contributed by atoms with van der Waals surface area (Å²) in [5.74, 6) is -0.881. The minimum atomic E-state index is -0.881. The maximum absolute atomic E-state index is 10.3. The molecule has 0 amide bonds. The molecule has 0 aliphatic carbocycles. The van der Waals surface area contributed by atoms with Crippen LogP contribution in [0.3, 0.4) is 0 Å². The van der Waals surface area contributed by atoms with E-state index in [2.05, 4.69) is 22.3 Å². The fraction of sp³-hybridized carbons (Fsp3) is 0.692. The average Bonchev–Trinajstić information content (AvgIpc) is 2.45. The van der Waals surface area contributed by atoms with E-state index in [1.54, 1.807) is 18.5 Å². The number of aliphatic carboxylic acids is 1. The van der Waals surface area contributed by atoms with E-state index in [1.807, 2.05) is 0 Å². The smallest absolute Gasteiger partial charge is 0.320 e. The molecular formula is C13H24N4O2. The Hall–Kier alpha value is -1.56. The number of hydrogen-bond acceptors (Lipinski definition) is 5. The molecular weight excluding hydrogens is 244 g/mol. The lowest BCUT2D eigenvalue weighted by Gasteiger charge is -2.05. The number of carboxylic acids is 1. The molecule has 1 unspecified atom stereocenters. The first-order valence-electron chi connectivity index (χ1n) is 6.75. The molecule has 3 N–H and O–H groups in total. The highest BCUT2D eigenvalue weighted by atomic mass is 16.4. The minimum Gasteiger partial charge on any atom is -0.480 e. The van der Waals surface area contributed by atoms with Gasteiger partial charge in [-0.1, -0.05) is 45.4 Å². The molecule has 0 saturated carbocycles. The van der Waals surface area contributed by atoms with Gasteiger partial charge in [-0.2, -0.15) is 0 Å². The van der Waals surface area contributed by atoms with Crippen LogP contribution in [-0.4, -0.2) is 32.5 Å². The summed E-state index contributed by atoms with van der Waals surface area (Å²) < 4.78 is 0. The van der Waals surface area contributed by atoms with Crippen LogP contribution in [0, 0.1) is 0 Å². The maximum Gasteiger partial charge on any atom is 0.320 e. The summed E-state index contributed by atoms with van der Waals surface area (Å²) in [7, 11) is 0. The predicted molar refractivity (Wildman–Crippen MR) is 73.4 cm³/mol. The standard InChI is InChI=1S/C10H21NO2.C3H3N3/c1-2-3-4-5-6-7-8-9(11)10(12)13;1-2-4-6-5-3-1/h9H,2-8,11H2,1H3,(H,12,13);1-3H. The highest BCUT2D eigenvalue weighted by molar-refractivity contribution is 5.72. The molecule has 0 aromatic carbocycles. The van der Waals surface area contributed by atoms with E-state index >= 15 is 0 Å². The van der Waals surface area contributed by atoms with E-state index in [0.717, 1.165) is 12.8 Å². The molecule has 108 valence electrons. The van der Waals surface area contributed by atoms with Crippen LogP contribution in [0.25, 0.3) is 0 Å². The van der Waals surface area contributed by atoms with E-state index in [-0.39, 0.29) is 0 Å². The van der Waals surface area contributed by atoms with Gasteiger partial charge in [-0.05, 0) is 17.7 Å². The Morgan fingerprint density at radius 1 is 1.16 bits per heavy atom. The number of nitrogens with zero attached hydrogens (tertiary/aromatic N) is 3. The van der Waals surface area contributed by atoms with Gasteiger partial charge < -0.3 is 10.8 Å². The Kier molecular flexibility index (Phi) is 11.8. The van der Waals surface area contributed by atoms with Crippen molar-refractivity contribution in [3.05, 3.63) is 18.5 Å². The van der Waals surface area contributed by atoms with Crippen molar-refractivity contribution in [2.75, 3.05) is 0 Å². The van der Waals surface area contributed by atoms with Gasteiger partial charge in [0.2, 0.25) is 0 Å². The molecule has 0 bridgehead atoms. The van der Waals surface area contributed by atoms with Crippen LogP contribution in [0.1, 0.15) is 51.9 Å². The largest absolute Gasteiger partial charge is 0.480 e. The zero-order valence-corrected chi connectivity index (χ0v) is 11.5. The third-order valence-corrected chi connectivity index (χ3v) is 2.59. The van der Waals surface area contributed by atoms with Gasteiger partial charge in [-0.3, -0.25) is 4.79 Å². The van der Waals surface area contributed by atoms with Crippen LogP contribution in [-0.2, 0) is 4.79 Å². The van der Waals surface area contributed by atoms with Gasteiger partial charge in [0.15, 0.2) is 0 Å². The Morgan fingerprint density at radius 2 is 1.74 bits per heavy atom. The zero-order valence-electron chi connectivity index (χ0n) is 11.5. The third kappa shape index (κ3) is 12.7. The highest BCUT2D eigenvalue weighted by Gasteiger charge is 2.09. The van der Waals surface area contributed by atoms with Gasteiger partial charge in [0.1, 0.15) is 6.04 Å². The van der Waals surface area contributed by atoms with Crippen LogP contribution in [0.15, 0.2) is 18.5 Å². The zero-order chi connectivity index (χ0) is 14.3. The van der Waals surface area contributed by atoms with Gasteiger partial charge in [-0.25, -0.2) is 0 Å². The van der Waals surface area contributed by atoms with Crippen LogP contribution >= 0.6 is 0 Å². The van der Waals surface area contributed by atoms with Crippen molar-refractivity contribution in [2.45, 2.75) is 57.9 Å². The minimum absolute atomic E-state index is 0.613. The van der Waals surface area contributed by atoms with E-state index in [0.29, 0.717) is 6.42 Å². The molecule has 6 nitrogen and oxygen atoms in total. The van der Waals surface area contributed by atoms with Crippen molar-refractivity contribution in [2.24, 2.45) is 5.73 Å². The molecule has 0 aliphatic heterocycles. The Bertz CT molecular complexity index is 282. The van der Waals surface area contributed by atoms with Crippen LogP contribution < -0.4 is 5.73 Å². The van der Waals surface area contributed by atoms with Gasteiger partial charge in [0, 0.05) is 0 Å². The molecule has 1 aromatic rings. The highest BCUT2D eigenvalue weighted by Crippen LogP contribution is 2.07. The summed E-state index contributed by atoms with van der Waals surface area (Å²) in [6, 6.07) is 1.05. The van der Waals surface area contributed by atoms with Crippen molar-refractivity contribution in [1.82, 2.24) is 15.4 Å². The molecule has 0 fully saturated rings.